The Morgan fingerprint density at radius 3 is 2.42 bits per heavy atom. The number of hydrogen-bond donors (Lipinski definition) is 0. The predicted molar refractivity (Wildman–Crippen MR) is 94.0 cm³/mol. The summed E-state index contributed by atoms with van der Waals surface area (Å²) in [5.41, 5.74) is 2.83. The number of carbonyl (C=O) groups is 1. The van der Waals surface area contributed by atoms with Crippen LogP contribution < -0.4 is 0 Å². The summed E-state index contributed by atoms with van der Waals surface area (Å²) in [7, 11) is -3.17. The zero-order valence-corrected chi connectivity index (χ0v) is 14.8. The van der Waals surface area contributed by atoms with Crippen LogP contribution in [-0.2, 0) is 27.7 Å². The van der Waals surface area contributed by atoms with Gasteiger partial charge in [0.2, 0.25) is 5.91 Å². The fraction of sp³-hybridized carbons (Fsp3) is 0.333. The van der Waals surface area contributed by atoms with Crippen LogP contribution in [0.1, 0.15) is 23.2 Å². The van der Waals surface area contributed by atoms with Gasteiger partial charge in [-0.05, 0) is 24.1 Å². The molecule has 0 radical (unpaired) electrons. The number of sulfone groups is 1. The fourth-order valence-corrected chi connectivity index (χ4v) is 2.88. The highest BCUT2D eigenvalue weighted by molar-refractivity contribution is 7.90. The van der Waals surface area contributed by atoms with Gasteiger partial charge >= 0.3 is 0 Å². The normalized spacial score (nSPS) is 11.2. The monoisotopic (exact) mass is 346 g/mol. The van der Waals surface area contributed by atoms with Gasteiger partial charge in [-0.25, -0.2) is 8.42 Å². The van der Waals surface area contributed by atoms with Crippen molar-refractivity contribution in [2.45, 2.75) is 26.4 Å². The average molecular weight is 346 g/mol. The Morgan fingerprint density at radius 1 is 1.08 bits per heavy atom. The summed E-state index contributed by atoms with van der Waals surface area (Å²) in [5.74, 6) is -0.326. The van der Waals surface area contributed by atoms with Crippen LogP contribution in [0.4, 0.5) is 0 Å². The number of hydrogen-bond acceptors (Lipinski definition) is 4. The third-order valence-electron chi connectivity index (χ3n) is 3.71. The molecule has 0 aliphatic rings. The summed E-state index contributed by atoms with van der Waals surface area (Å²) in [4.78, 5) is 18.5. The van der Waals surface area contributed by atoms with Crippen LogP contribution in [0.15, 0.2) is 48.7 Å². The lowest BCUT2D eigenvalue weighted by Crippen LogP contribution is -2.32. The van der Waals surface area contributed by atoms with Crippen molar-refractivity contribution >= 4 is 15.7 Å². The second kappa shape index (κ2) is 8.06. The van der Waals surface area contributed by atoms with Gasteiger partial charge in [0.1, 0.15) is 9.84 Å². The number of aryl methyl sites for hydroxylation is 1. The quantitative estimate of drug-likeness (QED) is 0.772. The number of amides is 1. The van der Waals surface area contributed by atoms with Crippen LogP contribution >= 0.6 is 0 Å². The molecular formula is C18H22N2O3S. The van der Waals surface area contributed by atoms with Crippen molar-refractivity contribution in [2.75, 3.05) is 12.0 Å². The van der Waals surface area contributed by atoms with E-state index >= 15 is 0 Å². The van der Waals surface area contributed by atoms with E-state index in [1.165, 1.54) is 0 Å². The number of rotatable bonds is 7. The highest BCUT2D eigenvalue weighted by atomic mass is 32.2. The van der Waals surface area contributed by atoms with Gasteiger partial charge in [0.15, 0.2) is 0 Å². The van der Waals surface area contributed by atoms with Gasteiger partial charge in [-0.2, -0.15) is 0 Å². The van der Waals surface area contributed by atoms with Gasteiger partial charge in [-0.1, -0.05) is 36.4 Å². The molecule has 0 N–H and O–H groups in total. The van der Waals surface area contributed by atoms with E-state index < -0.39 is 9.84 Å². The lowest BCUT2D eigenvalue weighted by Gasteiger charge is -2.23. The van der Waals surface area contributed by atoms with Gasteiger partial charge in [0, 0.05) is 25.4 Å². The molecule has 0 spiro atoms. The Hall–Kier alpha value is -2.21. The third-order valence-corrected chi connectivity index (χ3v) is 4.66. The van der Waals surface area contributed by atoms with Crippen LogP contribution in [0.5, 0.6) is 0 Å². The van der Waals surface area contributed by atoms with Crippen molar-refractivity contribution in [1.29, 1.82) is 0 Å². The van der Waals surface area contributed by atoms with Crippen molar-refractivity contribution in [1.82, 2.24) is 9.88 Å². The molecular weight excluding hydrogens is 324 g/mol. The molecule has 6 heteroatoms. The van der Waals surface area contributed by atoms with Crippen LogP contribution in [0.2, 0.25) is 0 Å². The van der Waals surface area contributed by atoms with Gasteiger partial charge in [-0.15, -0.1) is 0 Å². The van der Waals surface area contributed by atoms with Crippen molar-refractivity contribution < 1.29 is 13.2 Å². The molecule has 0 saturated heterocycles. The van der Waals surface area contributed by atoms with Gasteiger partial charge in [0.05, 0.1) is 18.0 Å². The molecule has 0 aliphatic heterocycles. The molecule has 0 aliphatic carbocycles. The van der Waals surface area contributed by atoms with E-state index in [0.717, 1.165) is 23.1 Å². The van der Waals surface area contributed by atoms with Crippen molar-refractivity contribution in [3.63, 3.8) is 0 Å². The second-order valence-corrected chi connectivity index (χ2v) is 8.14. The molecule has 24 heavy (non-hydrogen) atoms. The van der Waals surface area contributed by atoms with Crippen molar-refractivity contribution in [2.24, 2.45) is 0 Å². The van der Waals surface area contributed by atoms with E-state index in [4.69, 9.17) is 0 Å². The standard InChI is InChI=1S/C18H22N2O3S/c1-15-7-6-11-19-17(15)14-20(13-16-8-4-3-5-9-16)18(21)10-12-24(2,22)23/h3-9,11H,10,12-14H2,1-2H3. The van der Waals surface area contributed by atoms with Crippen molar-refractivity contribution in [3.05, 3.63) is 65.5 Å². The number of aromatic nitrogens is 1. The largest absolute Gasteiger partial charge is 0.332 e. The lowest BCUT2D eigenvalue weighted by molar-refractivity contribution is -0.132. The number of pyridine rings is 1. The van der Waals surface area contributed by atoms with E-state index in [2.05, 4.69) is 4.98 Å². The number of nitrogens with zero attached hydrogens (tertiary/aromatic N) is 2. The molecule has 0 bridgehead atoms. The van der Waals surface area contributed by atoms with E-state index in [9.17, 15) is 13.2 Å². The van der Waals surface area contributed by atoms with Crippen LogP contribution in [-0.4, -0.2) is 36.2 Å². The minimum atomic E-state index is -3.17. The molecule has 1 amide bonds. The molecule has 1 aromatic heterocycles. The highest BCUT2D eigenvalue weighted by Crippen LogP contribution is 2.13. The Kier molecular flexibility index (Phi) is 6.09. The summed E-state index contributed by atoms with van der Waals surface area (Å²) < 4.78 is 22.7. The Labute approximate surface area is 143 Å². The number of benzene rings is 1. The summed E-state index contributed by atoms with van der Waals surface area (Å²) in [6.07, 6.45) is 2.83. The SMILES string of the molecule is Cc1cccnc1CN(Cc1ccccc1)C(=O)CCS(C)(=O)=O. The Morgan fingerprint density at radius 2 is 1.79 bits per heavy atom. The maximum absolute atomic E-state index is 12.5. The van der Waals surface area contributed by atoms with Crippen LogP contribution in [0.25, 0.3) is 0 Å². The molecule has 2 rings (SSSR count). The predicted octanol–water partition coefficient (Wildman–Crippen LogP) is 2.35. The molecule has 0 unspecified atom stereocenters. The third kappa shape index (κ3) is 5.77. The summed E-state index contributed by atoms with van der Waals surface area (Å²) in [5, 5.41) is 0. The molecule has 128 valence electrons. The van der Waals surface area contributed by atoms with Crippen molar-refractivity contribution in [3.8, 4) is 0 Å². The summed E-state index contributed by atoms with van der Waals surface area (Å²) >= 11 is 0. The van der Waals surface area contributed by atoms with Crippen LogP contribution in [0, 0.1) is 6.92 Å². The molecule has 1 heterocycles. The molecule has 0 fully saturated rings. The topological polar surface area (TPSA) is 67.3 Å². The Bertz CT molecular complexity index is 789. The van der Waals surface area contributed by atoms with E-state index in [1.807, 2.05) is 49.4 Å². The highest BCUT2D eigenvalue weighted by Gasteiger charge is 2.18. The smallest absolute Gasteiger partial charge is 0.224 e. The van der Waals surface area contributed by atoms with E-state index in [0.29, 0.717) is 13.1 Å². The molecule has 5 nitrogen and oxygen atoms in total. The minimum Gasteiger partial charge on any atom is -0.332 e. The molecule has 2 aromatic rings. The first kappa shape index (κ1) is 18.1. The van der Waals surface area contributed by atoms with Gasteiger partial charge in [0.25, 0.3) is 0 Å². The first-order valence-electron chi connectivity index (χ1n) is 7.75. The molecule has 1 aromatic carbocycles. The first-order valence-corrected chi connectivity index (χ1v) is 9.81. The summed E-state index contributed by atoms with van der Waals surface area (Å²) in [6, 6.07) is 13.4. The van der Waals surface area contributed by atoms with Crippen LogP contribution in [0.3, 0.4) is 0 Å². The minimum absolute atomic E-state index is 0.0163. The zero-order valence-electron chi connectivity index (χ0n) is 14.0. The molecule has 0 atom stereocenters. The molecule has 0 saturated carbocycles. The maximum Gasteiger partial charge on any atom is 0.224 e. The van der Waals surface area contributed by atoms with E-state index in [1.54, 1.807) is 11.1 Å². The second-order valence-electron chi connectivity index (χ2n) is 5.88. The fourth-order valence-electron chi connectivity index (χ4n) is 2.33. The average Bonchev–Trinajstić information content (AvgIpc) is 2.54. The maximum atomic E-state index is 12.5. The van der Waals surface area contributed by atoms with Gasteiger partial charge in [-0.3, -0.25) is 9.78 Å². The van der Waals surface area contributed by atoms with Gasteiger partial charge < -0.3 is 4.90 Å². The first-order chi connectivity index (χ1) is 11.3. The zero-order chi connectivity index (χ0) is 17.6. The number of carbonyl (C=O) groups excluding carboxylic acids is 1. The summed E-state index contributed by atoms with van der Waals surface area (Å²) in [6.45, 7) is 2.74. The Balaban J connectivity index is 2.17. The van der Waals surface area contributed by atoms with E-state index in [-0.39, 0.29) is 18.1 Å². The lowest BCUT2D eigenvalue weighted by atomic mass is 10.1.